The number of aryl methyl sites for hydroxylation is 1. The molecule has 1 aromatic rings. The minimum absolute atomic E-state index is 0.0356. The minimum atomic E-state index is -0.513. The molecule has 0 aliphatic rings. The molecule has 122 valence electrons. The summed E-state index contributed by atoms with van der Waals surface area (Å²) in [4.78, 5) is 24.5. The van der Waals surface area contributed by atoms with Crippen molar-refractivity contribution in [1.82, 2.24) is 10.6 Å². The molecule has 1 rings (SSSR count). The first-order valence-electron chi connectivity index (χ1n) is 7.96. The van der Waals surface area contributed by atoms with Crippen LogP contribution in [0.4, 0.5) is 0 Å². The molecule has 0 aromatic heterocycles. The van der Waals surface area contributed by atoms with Crippen LogP contribution in [0.2, 0.25) is 0 Å². The Morgan fingerprint density at radius 2 is 1.64 bits per heavy atom. The van der Waals surface area contributed by atoms with E-state index in [2.05, 4.69) is 24.5 Å². The lowest BCUT2D eigenvalue weighted by molar-refractivity contribution is -0.123. The lowest BCUT2D eigenvalue weighted by Crippen LogP contribution is -2.50. The van der Waals surface area contributed by atoms with Crippen LogP contribution in [0, 0.1) is 18.8 Å². The van der Waals surface area contributed by atoms with Crippen molar-refractivity contribution in [2.45, 2.75) is 47.1 Å². The third-order valence-corrected chi connectivity index (χ3v) is 3.57. The summed E-state index contributed by atoms with van der Waals surface area (Å²) in [6.45, 7) is 10.7. The van der Waals surface area contributed by atoms with Crippen molar-refractivity contribution in [3.8, 4) is 0 Å². The smallest absolute Gasteiger partial charge is 0.251 e. The van der Waals surface area contributed by atoms with Gasteiger partial charge in [0.05, 0.1) is 0 Å². The van der Waals surface area contributed by atoms with Crippen molar-refractivity contribution in [3.05, 3.63) is 35.4 Å². The number of benzene rings is 1. The zero-order valence-electron chi connectivity index (χ0n) is 14.3. The highest BCUT2D eigenvalue weighted by molar-refractivity contribution is 5.97. The fourth-order valence-electron chi connectivity index (χ4n) is 2.06. The first kappa shape index (κ1) is 18.2. The molecular formula is C18H28N2O2. The molecule has 4 nitrogen and oxygen atoms in total. The summed E-state index contributed by atoms with van der Waals surface area (Å²) in [5.74, 6) is 0.252. The molecule has 1 unspecified atom stereocenters. The van der Waals surface area contributed by atoms with Gasteiger partial charge in [0.15, 0.2) is 0 Å². The highest BCUT2D eigenvalue weighted by Gasteiger charge is 2.24. The van der Waals surface area contributed by atoms with E-state index in [-0.39, 0.29) is 17.7 Å². The molecule has 2 N–H and O–H groups in total. The number of rotatable bonds is 7. The van der Waals surface area contributed by atoms with E-state index >= 15 is 0 Å². The molecular weight excluding hydrogens is 276 g/mol. The first-order chi connectivity index (χ1) is 10.3. The van der Waals surface area contributed by atoms with Crippen molar-refractivity contribution in [2.75, 3.05) is 6.54 Å². The summed E-state index contributed by atoms with van der Waals surface area (Å²) in [5.41, 5.74) is 1.68. The first-order valence-corrected chi connectivity index (χ1v) is 7.96. The SMILES string of the molecule is Cc1ccc(C(=O)NC(C(=O)NCCC(C)C)C(C)C)cc1. The van der Waals surface area contributed by atoms with E-state index in [9.17, 15) is 9.59 Å². The van der Waals surface area contributed by atoms with Gasteiger partial charge < -0.3 is 10.6 Å². The van der Waals surface area contributed by atoms with Gasteiger partial charge in [-0.15, -0.1) is 0 Å². The maximum atomic E-state index is 12.3. The van der Waals surface area contributed by atoms with Crippen molar-refractivity contribution in [1.29, 1.82) is 0 Å². The molecule has 0 saturated heterocycles. The standard InChI is InChI=1S/C18H28N2O2/c1-12(2)10-11-19-18(22)16(13(3)4)20-17(21)15-8-6-14(5)7-9-15/h6-9,12-13,16H,10-11H2,1-5H3,(H,19,22)(H,20,21). The van der Waals surface area contributed by atoms with Gasteiger partial charge in [0.1, 0.15) is 6.04 Å². The summed E-state index contributed by atoms with van der Waals surface area (Å²) >= 11 is 0. The Kier molecular flexibility index (Phi) is 7.09. The van der Waals surface area contributed by atoms with Crippen molar-refractivity contribution in [3.63, 3.8) is 0 Å². The summed E-state index contributed by atoms with van der Waals surface area (Å²) in [7, 11) is 0. The Balaban J connectivity index is 2.65. The molecule has 0 aliphatic carbocycles. The average Bonchev–Trinajstić information content (AvgIpc) is 2.44. The van der Waals surface area contributed by atoms with Gasteiger partial charge >= 0.3 is 0 Å². The summed E-state index contributed by atoms with van der Waals surface area (Å²) < 4.78 is 0. The van der Waals surface area contributed by atoms with E-state index in [1.54, 1.807) is 12.1 Å². The zero-order valence-corrected chi connectivity index (χ0v) is 14.3. The monoisotopic (exact) mass is 304 g/mol. The lowest BCUT2D eigenvalue weighted by Gasteiger charge is -2.22. The topological polar surface area (TPSA) is 58.2 Å². The van der Waals surface area contributed by atoms with Crippen molar-refractivity contribution >= 4 is 11.8 Å². The summed E-state index contributed by atoms with van der Waals surface area (Å²) in [5, 5.41) is 5.75. The Bertz CT molecular complexity index is 492. The van der Waals surface area contributed by atoms with Gasteiger partial charge in [0, 0.05) is 12.1 Å². The second kappa shape index (κ2) is 8.57. The van der Waals surface area contributed by atoms with Crippen molar-refractivity contribution in [2.24, 2.45) is 11.8 Å². The molecule has 2 amide bonds. The van der Waals surface area contributed by atoms with Gasteiger partial charge in [0.2, 0.25) is 5.91 Å². The molecule has 0 spiro atoms. The fraction of sp³-hybridized carbons (Fsp3) is 0.556. The van der Waals surface area contributed by atoms with E-state index < -0.39 is 6.04 Å². The van der Waals surface area contributed by atoms with Crippen LogP contribution < -0.4 is 10.6 Å². The van der Waals surface area contributed by atoms with Crippen LogP contribution in [-0.4, -0.2) is 24.4 Å². The van der Waals surface area contributed by atoms with Crippen molar-refractivity contribution < 1.29 is 9.59 Å². The number of nitrogens with one attached hydrogen (secondary N) is 2. The molecule has 0 radical (unpaired) electrons. The Morgan fingerprint density at radius 3 is 2.14 bits per heavy atom. The fourth-order valence-corrected chi connectivity index (χ4v) is 2.06. The maximum absolute atomic E-state index is 12.3. The summed E-state index contributed by atoms with van der Waals surface area (Å²) in [6.07, 6.45) is 0.933. The second-order valence-corrected chi connectivity index (χ2v) is 6.53. The van der Waals surface area contributed by atoms with E-state index in [1.807, 2.05) is 32.9 Å². The quantitative estimate of drug-likeness (QED) is 0.813. The molecule has 0 fully saturated rings. The van der Waals surface area contributed by atoms with Gasteiger partial charge in [-0.2, -0.15) is 0 Å². The van der Waals surface area contributed by atoms with E-state index in [1.165, 1.54) is 0 Å². The molecule has 22 heavy (non-hydrogen) atoms. The predicted molar refractivity (Wildman–Crippen MR) is 89.7 cm³/mol. The third kappa shape index (κ3) is 5.88. The molecule has 4 heteroatoms. The van der Waals surface area contributed by atoms with Crippen LogP contribution in [0.25, 0.3) is 0 Å². The third-order valence-electron chi connectivity index (χ3n) is 3.57. The average molecular weight is 304 g/mol. The highest BCUT2D eigenvalue weighted by atomic mass is 16.2. The number of amides is 2. The largest absolute Gasteiger partial charge is 0.354 e. The van der Waals surface area contributed by atoms with Gasteiger partial charge in [-0.05, 0) is 37.3 Å². The van der Waals surface area contributed by atoms with Crippen LogP contribution in [0.15, 0.2) is 24.3 Å². The highest BCUT2D eigenvalue weighted by Crippen LogP contribution is 2.07. The van der Waals surface area contributed by atoms with E-state index in [4.69, 9.17) is 0 Å². The molecule has 0 aliphatic heterocycles. The zero-order chi connectivity index (χ0) is 16.7. The van der Waals surface area contributed by atoms with E-state index in [0.717, 1.165) is 12.0 Å². The van der Waals surface area contributed by atoms with Crippen LogP contribution in [0.1, 0.15) is 50.0 Å². The van der Waals surface area contributed by atoms with Crippen LogP contribution in [-0.2, 0) is 4.79 Å². The van der Waals surface area contributed by atoms with Gasteiger partial charge in [-0.1, -0.05) is 45.4 Å². The molecule has 0 bridgehead atoms. The van der Waals surface area contributed by atoms with Crippen LogP contribution >= 0.6 is 0 Å². The number of hydrogen-bond donors (Lipinski definition) is 2. The van der Waals surface area contributed by atoms with Gasteiger partial charge in [0.25, 0.3) is 5.91 Å². The van der Waals surface area contributed by atoms with Gasteiger partial charge in [-0.25, -0.2) is 0 Å². The second-order valence-electron chi connectivity index (χ2n) is 6.53. The Hall–Kier alpha value is -1.84. The Morgan fingerprint density at radius 1 is 1.05 bits per heavy atom. The lowest BCUT2D eigenvalue weighted by atomic mass is 10.0. The molecule has 1 atom stereocenters. The maximum Gasteiger partial charge on any atom is 0.251 e. The molecule has 1 aromatic carbocycles. The van der Waals surface area contributed by atoms with Crippen LogP contribution in [0.5, 0.6) is 0 Å². The van der Waals surface area contributed by atoms with E-state index in [0.29, 0.717) is 18.0 Å². The van der Waals surface area contributed by atoms with Crippen LogP contribution in [0.3, 0.4) is 0 Å². The van der Waals surface area contributed by atoms with Gasteiger partial charge in [-0.3, -0.25) is 9.59 Å². The minimum Gasteiger partial charge on any atom is -0.354 e. The molecule has 0 saturated carbocycles. The predicted octanol–water partition coefficient (Wildman–Crippen LogP) is 2.91. The summed E-state index contributed by atoms with van der Waals surface area (Å²) in [6, 6.07) is 6.82. The normalized spacial score (nSPS) is 12.3. The number of hydrogen-bond acceptors (Lipinski definition) is 2. The number of carbonyl (C=O) groups is 2. The molecule has 0 heterocycles. The Labute approximate surface area is 133 Å². The number of carbonyl (C=O) groups excluding carboxylic acids is 2.